The molecule has 0 radical (unpaired) electrons. The van der Waals surface area contributed by atoms with Crippen LogP contribution in [0, 0.1) is 11.6 Å². The predicted molar refractivity (Wildman–Crippen MR) is 65.6 cm³/mol. The quantitative estimate of drug-likeness (QED) is 0.877. The minimum Gasteiger partial charge on any atom is -0.335 e. The molecule has 0 bridgehead atoms. The molecule has 0 unspecified atom stereocenters. The van der Waals surface area contributed by atoms with Gasteiger partial charge < -0.3 is 15.6 Å². The zero-order chi connectivity index (χ0) is 13.8. The van der Waals surface area contributed by atoms with Crippen molar-refractivity contribution in [2.24, 2.45) is 5.73 Å². The Morgan fingerprint density at radius 2 is 2.21 bits per heavy atom. The summed E-state index contributed by atoms with van der Waals surface area (Å²) >= 11 is 0. The molecule has 0 spiro atoms. The molecule has 1 amide bonds. The molecule has 0 fully saturated rings. The Labute approximate surface area is 108 Å². The van der Waals surface area contributed by atoms with Crippen molar-refractivity contribution in [3.8, 4) is 0 Å². The highest BCUT2D eigenvalue weighted by Crippen LogP contribution is 2.15. The van der Waals surface area contributed by atoms with Crippen LogP contribution in [0.5, 0.6) is 0 Å². The van der Waals surface area contributed by atoms with Crippen molar-refractivity contribution in [2.45, 2.75) is 6.54 Å². The Morgan fingerprint density at radius 1 is 1.42 bits per heavy atom. The number of carbonyl (C=O) groups is 1. The molecule has 3 N–H and O–H groups in total. The van der Waals surface area contributed by atoms with Crippen LogP contribution in [0.3, 0.4) is 0 Å². The summed E-state index contributed by atoms with van der Waals surface area (Å²) in [7, 11) is 0. The lowest BCUT2D eigenvalue weighted by Gasteiger charge is -2.04. The van der Waals surface area contributed by atoms with E-state index in [4.69, 9.17) is 5.73 Å². The number of imidazole rings is 1. The number of rotatable bonds is 4. The number of carbonyl (C=O) groups excluding carboxylic acids is 1. The number of nitrogens with two attached hydrogens (primary N) is 1. The van der Waals surface area contributed by atoms with E-state index in [1.54, 1.807) is 4.57 Å². The summed E-state index contributed by atoms with van der Waals surface area (Å²) in [4.78, 5) is 15.7. The summed E-state index contributed by atoms with van der Waals surface area (Å²) in [5.41, 5.74) is 5.41. The van der Waals surface area contributed by atoms with Gasteiger partial charge in [-0.1, -0.05) is 0 Å². The molecule has 2 rings (SSSR count). The highest BCUT2D eigenvalue weighted by molar-refractivity contribution is 6.02. The van der Waals surface area contributed by atoms with Crippen molar-refractivity contribution < 1.29 is 13.6 Å². The molecule has 5 nitrogen and oxygen atoms in total. The van der Waals surface area contributed by atoms with Gasteiger partial charge in [0.15, 0.2) is 0 Å². The molecule has 2 aromatic rings. The molecule has 0 aliphatic rings. The van der Waals surface area contributed by atoms with E-state index >= 15 is 0 Å². The largest absolute Gasteiger partial charge is 0.335 e. The number of halogens is 2. The smallest absolute Gasteiger partial charge is 0.275 e. The summed E-state index contributed by atoms with van der Waals surface area (Å²) in [6, 6.07) is 2.91. The zero-order valence-corrected chi connectivity index (χ0v) is 9.94. The summed E-state index contributed by atoms with van der Waals surface area (Å²) in [6.07, 6.45) is 2.96. The molecule has 1 heterocycles. The Morgan fingerprint density at radius 3 is 2.89 bits per heavy atom. The first-order valence-corrected chi connectivity index (χ1v) is 5.58. The Hall–Kier alpha value is -2.28. The van der Waals surface area contributed by atoms with Gasteiger partial charge in [-0.25, -0.2) is 13.8 Å². The number of amides is 1. The van der Waals surface area contributed by atoms with Gasteiger partial charge in [-0.3, -0.25) is 4.79 Å². The molecular weight excluding hydrogens is 254 g/mol. The van der Waals surface area contributed by atoms with Crippen LogP contribution in [0.25, 0.3) is 0 Å². The Kier molecular flexibility index (Phi) is 3.86. The maximum absolute atomic E-state index is 13.4. The van der Waals surface area contributed by atoms with Crippen molar-refractivity contribution in [3.05, 3.63) is 48.1 Å². The molecule has 0 aliphatic carbocycles. The first kappa shape index (κ1) is 13.2. The van der Waals surface area contributed by atoms with Crippen LogP contribution < -0.4 is 11.1 Å². The van der Waals surface area contributed by atoms with Gasteiger partial charge in [0, 0.05) is 25.4 Å². The fourth-order valence-electron chi connectivity index (χ4n) is 1.53. The molecule has 0 atom stereocenters. The maximum Gasteiger partial charge on any atom is 0.275 e. The molecule has 1 aromatic heterocycles. The number of nitrogens with zero attached hydrogens (tertiary/aromatic N) is 2. The second-order valence-electron chi connectivity index (χ2n) is 3.86. The van der Waals surface area contributed by atoms with E-state index in [0.717, 1.165) is 12.1 Å². The summed E-state index contributed by atoms with van der Waals surface area (Å²) in [5.74, 6) is -2.11. The SMILES string of the molecule is NCCn1cnc(C(=O)Nc2ccc(F)cc2F)c1. The van der Waals surface area contributed by atoms with Crippen LogP contribution in [-0.2, 0) is 6.54 Å². The van der Waals surface area contributed by atoms with Crippen molar-refractivity contribution in [3.63, 3.8) is 0 Å². The van der Waals surface area contributed by atoms with Gasteiger partial charge in [0.1, 0.15) is 17.3 Å². The van der Waals surface area contributed by atoms with Crippen LogP contribution in [0.15, 0.2) is 30.7 Å². The van der Waals surface area contributed by atoms with Gasteiger partial charge in [-0.05, 0) is 12.1 Å². The van der Waals surface area contributed by atoms with E-state index in [0.29, 0.717) is 19.2 Å². The third kappa shape index (κ3) is 3.14. The molecule has 0 saturated heterocycles. The van der Waals surface area contributed by atoms with Gasteiger partial charge in [0.05, 0.1) is 12.0 Å². The van der Waals surface area contributed by atoms with Crippen LogP contribution in [0.2, 0.25) is 0 Å². The fraction of sp³-hybridized carbons (Fsp3) is 0.167. The van der Waals surface area contributed by atoms with Crippen molar-refractivity contribution in [2.75, 3.05) is 11.9 Å². The standard InChI is InChI=1S/C12H12F2N4O/c13-8-1-2-10(9(14)5-8)17-12(19)11-6-18(4-3-15)7-16-11/h1-2,5-7H,3-4,15H2,(H,17,19). The summed E-state index contributed by atoms with van der Waals surface area (Å²) in [5, 5.41) is 2.32. The monoisotopic (exact) mass is 266 g/mol. The van der Waals surface area contributed by atoms with Crippen molar-refractivity contribution in [1.29, 1.82) is 0 Å². The Bertz CT molecular complexity index is 597. The average Bonchev–Trinajstić information content (AvgIpc) is 2.82. The van der Waals surface area contributed by atoms with Gasteiger partial charge in [-0.15, -0.1) is 0 Å². The molecule has 0 aliphatic heterocycles. The van der Waals surface area contributed by atoms with E-state index < -0.39 is 17.5 Å². The van der Waals surface area contributed by atoms with Crippen LogP contribution in [0.4, 0.5) is 14.5 Å². The average molecular weight is 266 g/mol. The molecule has 19 heavy (non-hydrogen) atoms. The normalized spacial score (nSPS) is 10.5. The molecule has 1 aromatic carbocycles. The van der Waals surface area contributed by atoms with E-state index in [1.165, 1.54) is 12.5 Å². The number of nitrogens with one attached hydrogen (secondary N) is 1. The molecular formula is C12H12F2N4O. The minimum atomic E-state index is -0.838. The van der Waals surface area contributed by atoms with E-state index in [9.17, 15) is 13.6 Å². The van der Waals surface area contributed by atoms with Crippen LogP contribution >= 0.6 is 0 Å². The maximum atomic E-state index is 13.4. The van der Waals surface area contributed by atoms with Gasteiger partial charge in [0.2, 0.25) is 0 Å². The second-order valence-corrected chi connectivity index (χ2v) is 3.86. The van der Waals surface area contributed by atoms with E-state index in [1.807, 2.05) is 0 Å². The lowest BCUT2D eigenvalue weighted by atomic mass is 10.3. The molecule has 7 heteroatoms. The van der Waals surface area contributed by atoms with Crippen LogP contribution in [0.1, 0.15) is 10.5 Å². The summed E-state index contributed by atoms with van der Waals surface area (Å²) in [6.45, 7) is 0.954. The lowest BCUT2D eigenvalue weighted by molar-refractivity contribution is 0.102. The summed E-state index contributed by atoms with van der Waals surface area (Å²) < 4.78 is 27.7. The molecule has 100 valence electrons. The van der Waals surface area contributed by atoms with Crippen molar-refractivity contribution >= 4 is 11.6 Å². The Balaban J connectivity index is 2.11. The second kappa shape index (κ2) is 5.57. The van der Waals surface area contributed by atoms with Gasteiger partial charge >= 0.3 is 0 Å². The van der Waals surface area contributed by atoms with E-state index in [-0.39, 0.29) is 11.4 Å². The van der Waals surface area contributed by atoms with Crippen LogP contribution in [-0.4, -0.2) is 22.0 Å². The van der Waals surface area contributed by atoms with E-state index in [2.05, 4.69) is 10.3 Å². The van der Waals surface area contributed by atoms with Gasteiger partial charge in [-0.2, -0.15) is 0 Å². The predicted octanol–water partition coefficient (Wildman–Crippen LogP) is 1.37. The highest BCUT2D eigenvalue weighted by Gasteiger charge is 2.12. The molecule has 0 saturated carbocycles. The number of aromatic nitrogens is 2. The number of hydrogen-bond donors (Lipinski definition) is 2. The topological polar surface area (TPSA) is 72.9 Å². The first-order chi connectivity index (χ1) is 9.10. The van der Waals surface area contributed by atoms with Gasteiger partial charge in [0.25, 0.3) is 5.91 Å². The first-order valence-electron chi connectivity index (χ1n) is 5.58. The third-order valence-corrected chi connectivity index (χ3v) is 2.43. The minimum absolute atomic E-state index is 0.0974. The zero-order valence-electron chi connectivity index (χ0n) is 9.94. The number of hydrogen-bond acceptors (Lipinski definition) is 3. The fourth-order valence-corrected chi connectivity index (χ4v) is 1.53. The highest BCUT2D eigenvalue weighted by atomic mass is 19.1. The number of anilines is 1. The van der Waals surface area contributed by atoms with Crippen molar-refractivity contribution in [1.82, 2.24) is 9.55 Å². The lowest BCUT2D eigenvalue weighted by Crippen LogP contribution is -2.14. The third-order valence-electron chi connectivity index (χ3n) is 2.43. The number of benzene rings is 1.